The van der Waals surface area contributed by atoms with Gasteiger partial charge in [0, 0.05) is 14.1 Å². The number of anilines is 1. The number of pyridine rings is 1. The van der Waals surface area contributed by atoms with Crippen LogP contribution in [0.5, 0.6) is 0 Å². The number of nitrogens with one attached hydrogen (secondary N) is 1. The Morgan fingerprint density at radius 2 is 2.00 bits per heavy atom. The van der Waals surface area contributed by atoms with E-state index in [4.69, 9.17) is 0 Å². The van der Waals surface area contributed by atoms with E-state index in [2.05, 4.69) is 10.3 Å². The molecule has 3 heterocycles. The molecular weight excluding hydrogens is 316 g/mol. The largest absolute Gasteiger partial charge is 0.332 e. The van der Waals surface area contributed by atoms with Gasteiger partial charge < -0.3 is 5.32 Å². The number of carbonyl (C=O) groups is 1. The Kier molecular flexibility index (Phi) is 3.61. The van der Waals surface area contributed by atoms with Gasteiger partial charge >= 0.3 is 5.69 Å². The summed E-state index contributed by atoms with van der Waals surface area (Å²) in [7, 11) is 2.95. The van der Waals surface area contributed by atoms with Gasteiger partial charge in [0.15, 0.2) is 0 Å². The fourth-order valence-corrected chi connectivity index (χ4v) is 3.15. The Morgan fingerprint density at radius 1 is 1.26 bits per heavy atom. The number of nitrogens with zero attached hydrogens (tertiary/aromatic N) is 3. The van der Waals surface area contributed by atoms with Gasteiger partial charge in [-0.2, -0.15) is 0 Å². The monoisotopic (exact) mass is 330 g/mol. The Labute approximate surface area is 134 Å². The van der Waals surface area contributed by atoms with Crippen LogP contribution in [0.3, 0.4) is 0 Å². The Morgan fingerprint density at radius 3 is 2.65 bits per heavy atom. The van der Waals surface area contributed by atoms with Crippen LogP contribution >= 0.6 is 11.3 Å². The molecule has 1 amide bonds. The normalized spacial score (nSPS) is 10.9. The van der Waals surface area contributed by atoms with Crippen LogP contribution in [0.4, 0.5) is 5.69 Å². The number of amides is 1. The first-order valence-corrected chi connectivity index (χ1v) is 7.69. The number of hydrogen-bond acceptors (Lipinski definition) is 5. The van der Waals surface area contributed by atoms with Crippen molar-refractivity contribution in [1.82, 2.24) is 14.1 Å². The molecule has 0 saturated heterocycles. The molecule has 0 aromatic carbocycles. The predicted molar refractivity (Wildman–Crippen MR) is 89.2 cm³/mol. The molecule has 23 heavy (non-hydrogen) atoms. The molecule has 3 aromatic heterocycles. The summed E-state index contributed by atoms with van der Waals surface area (Å²) < 4.78 is 2.31. The first kappa shape index (κ1) is 15.2. The van der Waals surface area contributed by atoms with Gasteiger partial charge in [-0.05, 0) is 30.0 Å². The minimum atomic E-state index is -0.445. The number of aromatic nitrogens is 3. The highest BCUT2D eigenvalue weighted by atomic mass is 32.1. The molecule has 3 aromatic rings. The third-order valence-electron chi connectivity index (χ3n) is 3.62. The highest BCUT2D eigenvalue weighted by Gasteiger charge is 2.14. The standard InChI is InChI=1S/C15H14N4O3S/c1-8-4-5-23-11(8)13(20)17-9-6-10-12(16-7-9)18(2)15(22)19(3)14(10)21/h4-7H,1-3H3,(H,17,20). The van der Waals surface area contributed by atoms with Crippen LogP contribution in [-0.4, -0.2) is 20.0 Å². The van der Waals surface area contributed by atoms with Gasteiger partial charge in [-0.1, -0.05) is 0 Å². The molecule has 0 radical (unpaired) electrons. The molecule has 3 rings (SSSR count). The maximum absolute atomic E-state index is 12.2. The van der Waals surface area contributed by atoms with Crippen LogP contribution in [0.2, 0.25) is 0 Å². The molecule has 118 valence electrons. The Balaban J connectivity index is 2.08. The highest BCUT2D eigenvalue weighted by Crippen LogP contribution is 2.18. The number of thiophene rings is 1. The minimum Gasteiger partial charge on any atom is -0.320 e. The zero-order chi connectivity index (χ0) is 16.7. The van der Waals surface area contributed by atoms with Crippen molar-refractivity contribution in [2.45, 2.75) is 6.92 Å². The number of hydrogen-bond donors (Lipinski definition) is 1. The lowest BCUT2D eigenvalue weighted by Crippen LogP contribution is -2.37. The van der Waals surface area contributed by atoms with Crippen LogP contribution in [0.25, 0.3) is 11.0 Å². The summed E-state index contributed by atoms with van der Waals surface area (Å²) >= 11 is 1.35. The molecule has 0 unspecified atom stereocenters. The molecule has 0 aliphatic rings. The molecule has 0 saturated carbocycles. The first-order chi connectivity index (χ1) is 10.9. The molecule has 0 atom stereocenters. The van der Waals surface area contributed by atoms with E-state index in [0.717, 1.165) is 10.1 Å². The van der Waals surface area contributed by atoms with E-state index in [-0.39, 0.29) is 16.9 Å². The smallest absolute Gasteiger partial charge is 0.320 e. The number of fused-ring (bicyclic) bond motifs is 1. The van der Waals surface area contributed by atoms with Crippen molar-refractivity contribution in [1.29, 1.82) is 0 Å². The van der Waals surface area contributed by atoms with E-state index < -0.39 is 11.2 Å². The molecule has 0 spiro atoms. The molecule has 8 heteroatoms. The number of carbonyl (C=O) groups excluding carboxylic acids is 1. The van der Waals surface area contributed by atoms with E-state index in [9.17, 15) is 14.4 Å². The van der Waals surface area contributed by atoms with Gasteiger partial charge in [0.1, 0.15) is 5.65 Å². The lowest BCUT2D eigenvalue weighted by Gasteiger charge is -2.09. The van der Waals surface area contributed by atoms with Crippen molar-refractivity contribution < 1.29 is 4.79 Å². The maximum atomic E-state index is 12.2. The summed E-state index contributed by atoms with van der Waals surface area (Å²) in [4.78, 5) is 41.1. The zero-order valence-electron chi connectivity index (χ0n) is 12.8. The van der Waals surface area contributed by atoms with Crippen molar-refractivity contribution in [3.63, 3.8) is 0 Å². The van der Waals surface area contributed by atoms with Gasteiger partial charge in [-0.3, -0.25) is 18.7 Å². The van der Waals surface area contributed by atoms with E-state index in [1.807, 2.05) is 18.4 Å². The van der Waals surface area contributed by atoms with Crippen LogP contribution in [0.15, 0.2) is 33.3 Å². The summed E-state index contributed by atoms with van der Waals surface area (Å²) in [6.07, 6.45) is 1.43. The van der Waals surface area contributed by atoms with Crippen molar-refractivity contribution in [3.8, 4) is 0 Å². The quantitative estimate of drug-likeness (QED) is 0.766. The van der Waals surface area contributed by atoms with Crippen LogP contribution in [-0.2, 0) is 14.1 Å². The number of rotatable bonds is 2. The topological polar surface area (TPSA) is 86.0 Å². The van der Waals surface area contributed by atoms with E-state index in [1.165, 1.54) is 35.2 Å². The molecule has 0 aliphatic heterocycles. The van der Waals surface area contributed by atoms with Crippen molar-refractivity contribution in [2.75, 3.05) is 5.32 Å². The van der Waals surface area contributed by atoms with Gasteiger partial charge in [0.2, 0.25) is 0 Å². The Hall–Kier alpha value is -2.74. The molecule has 7 nitrogen and oxygen atoms in total. The fourth-order valence-electron chi connectivity index (χ4n) is 2.33. The third kappa shape index (κ3) is 2.46. The van der Waals surface area contributed by atoms with Crippen LogP contribution < -0.4 is 16.6 Å². The first-order valence-electron chi connectivity index (χ1n) is 6.81. The molecular formula is C15H14N4O3S. The van der Waals surface area contributed by atoms with E-state index in [1.54, 1.807) is 7.05 Å². The molecule has 0 aliphatic carbocycles. The third-order valence-corrected chi connectivity index (χ3v) is 4.63. The van der Waals surface area contributed by atoms with Crippen molar-refractivity contribution >= 4 is 34.0 Å². The fraction of sp³-hybridized carbons (Fsp3) is 0.200. The minimum absolute atomic E-state index is 0.250. The SMILES string of the molecule is Cc1ccsc1C(=O)Nc1cnc2c(c1)c(=O)n(C)c(=O)n2C. The van der Waals surface area contributed by atoms with Crippen molar-refractivity contribution in [3.05, 3.63) is 55.0 Å². The maximum Gasteiger partial charge on any atom is 0.332 e. The lowest BCUT2D eigenvalue weighted by atomic mass is 10.2. The Bertz CT molecular complexity index is 1050. The summed E-state index contributed by atoms with van der Waals surface area (Å²) in [5.41, 5.74) is 0.689. The zero-order valence-corrected chi connectivity index (χ0v) is 13.6. The number of aryl methyl sites for hydroxylation is 2. The van der Waals surface area contributed by atoms with Gasteiger partial charge in [-0.25, -0.2) is 9.78 Å². The van der Waals surface area contributed by atoms with Gasteiger partial charge in [0.25, 0.3) is 11.5 Å². The highest BCUT2D eigenvalue weighted by molar-refractivity contribution is 7.12. The summed E-state index contributed by atoms with van der Waals surface area (Å²) in [5, 5.41) is 4.85. The molecule has 0 bridgehead atoms. The average molecular weight is 330 g/mol. The van der Waals surface area contributed by atoms with E-state index in [0.29, 0.717) is 10.6 Å². The molecule has 1 N–H and O–H groups in total. The average Bonchev–Trinajstić information content (AvgIpc) is 2.97. The van der Waals surface area contributed by atoms with E-state index >= 15 is 0 Å². The second-order valence-electron chi connectivity index (χ2n) is 5.19. The predicted octanol–water partition coefficient (Wildman–Crippen LogP) is 1.25. The summed E-state index contributed by atoms with van der Waals surface area (Å²) in [5.74, 6) is -0.250. The van der Waals surface area contributed by atoms with Crippen LogP contribution in [0.1, 0.15) is 15.2 Å². The summed E-state index contributed by atoms with van der Waals surface area (Å²) in [6, 6.07) is 3.40. The second kappa shape index (κ2) is 5.47. The van der Waals surface area contributed by atoms with Gasteiger partial charge in [-0.15, -0.1) is 11.3 Å². The van der Waals surface area contributed by atoms with Crippen molar-refractivity contribution in [2.24, 2.45) is 14.1 Å². The summed E-state index contributed by atoms with van der Waals surface area (Å²) in [6.45, 7) is 1.86. The van der Waals surface area contributed by atoms with Gasteiger partial charge in [0.05, 0.1) is 22.1 Å². The lowest BCUT2D eigenvalue weighted by molar-refractivity contribution is 0.103. The second-order valence-corrected chi connectivity index (χ2v) is 6.10. The molecule has 0 fully saturated rings. The van der Waals surface area contributed by atoms with Crippen LogP contribution in [0, 0.1) is 6.92 Å².